The quantitative estimate of drug-likeness (QED) is 0.850. The van der Waals surface area contributed by atoms with Crippen LogP contribution in [0.25, 0.3) is 0 Å². The number of rotatable bonds is 3. The van der Waals surface area contributed by atoms with Gasteiger partial charge in [0.1, 0.15) is 0 Å². The van der Waals surface area contributed by atoms with E-state index in [0.717, 1.165) is 31.2 Å². The Labute approximate surface area is 131 Å². The maximum Gasteiger partial charge on any atom is 0.0617 e. The van der Waals surface area contributed by atoms with Crippen molar-refractivity contribution in [2.45, 2.75) is 6.04 Å². The smallest absolute Gasteiger partial charge is 0.0617 e. The lowest BCUT2D eigenvalue weighted by Crippen LogP contribution is -2.45. The molecule has 1 fully saturated rings. The van der Waals surface area contributed by atoms with Crippen LogP contribution in [0.4, 0.5) is 0 Å². The normalized spacial score (nSPS) is 18.6. The van der Waals surface area contributed by atoms with E-state index >= 15 is 0 Å². The first-order valence-electron chi connectivity index (χ1n) is 7.34. The van der Waals surface area contributed by atoms with E-state index in [9.17, 15) is 0 Å². The second kappa shape index (κ2) is 6.61. The Morgan fingerprint density at radius 1 is 0.857 bits per heavy atom. The third-order valence-electron chi connectivity index (χ3n) is 4.09. The number of hydrogen-bond donors (Lipinski definition) is 0. The molecule has 3 heteroatoms. The molecule has 1 aliphatic heterocycles. The van der Waals surface area contributed by atoms with Crippen LogP contribution in [0.3, 0.4) is 0 Å². The topological polar surface area (TPSA) is 6.48 Å². The molecule has 1 saturated heterocycles. The summed E-state index contributed by atoms with van der Waals surface area (Å²) in [5, 5.41) is 0.836. The molecule has 1 aliphatic rings. The number of nitrogens with zero attached hydrogens (tertiary/aromatic N) is 2. The highest BCUT2D eigenvalue weighted by Gasteiger charge is 2.26. The van der Waals surface area contributed by atoms with Crippen molar-refractivity contribution in [3.63, 3.8) is 0 Å². The van der Waals surface area contributed by atoms with E-state index in [2.05, 4.69) is 59.3 Å². The van der Waals surface area contributed by atoms with Gasteiger partial charge in [0.05, 0.1) is 6.04 Å². The molecule has 0 saturated carbocycles. The van der Waals surface area contributed by atoms with E-state index in [-0.39, 0.29) is 6.04 Å². The lowest BCUT2D eigenvalue weighted by Gasteiger charge is -2.38. The van der Waals surface area contributed by atoms with Gasteiger partial charge in [-0.3, -0.25) is 9.80 Å². The van der Waals surface area contributed by atoms with Gasteiger partial charge in [0.15, 0.2) is 0 Å². The van der Waals surface area contributed by atoms with E-state index in [1.807, 2.05) is 12.1 Å². The van der Waals surface area contributed by atoms with Gasteiger partial charge in [0.2, 0.25) is 0 Å². The van der Waals surface area contributed by atoms with Crippen molar-refractivity contribution in [3.05, 3.63) is 77.8 Å². The zero-order chi connectivity index (χ0) is 14.7. The van der Waals surface area contributed by atoms with Gasteiger partial charge in [-0.05, 0) is 17.2 Å². The Bertz CT molecular complexity index is 577. The maximum absolute atomic E-state index is 6.47. The Hall–Kier alpha value is -1.35. The van der Waals surface area contributed by atoms with Crippen LogP contribution in [-0.4, -0.2) is 36.0 Å². The summed E-state index contributed by atoms with van der Waals surface area (Å²) in [6.45, 7) is 4.00. The Balaban J connectivity index is 1.98. The summed E-state index contributed by atoms with van der Waals surface area (Å²) in [6, 6.07) is 19.0. The van der Waals surface area contributed by atoms with Gasteiger partial charge >= 0.3 is 0 Å². The monoisotopic (exact) mass is 299 g/mol. The van der Waals surface area contributed by atoms with Crippen LogP contribution in [0, 0.1) is 7.05 Å². The van der Waals surface area contributed by atoms with Crippen LogP contribution in [0.1, 0.15) is 17.2 Å². The molecule has 1 atom stereocenters. The number of halogens is 1. The first-order valence-corrected chi connectivity index (χ1v) is 7.72. The summed E-state index contributed by atoms with van der Waals surface area (Å²) < 4.78 is 0. The molecule has 21 heavy (non-hydrogen) atoms. The van der Waals surface area contributed by atoms with E-state index in [4.69, 9.17) is 11.6 Å². The predicted molar refractivity (Wildman–Crippen MR) is 88.2 cm³/mol. The Kier molecular flexibility index (Phi) is 4.59. The average molecular weight is 300 g/mol. The maximum atomic E-state index is 6.47. The molecular weight excluding hydrogens is 280 g/mol. The summed E-state index contributed by atoms with van der Waals surface area (Å²) in [5.41, 5.74) is 2.48. The molecule has 2 aromatic carbocycles. The van der Waals surface area contributed by atoms with Crippen molar-refractivity contribution in [2.24, 2.45) is 0 Å². The van der Waals surface area contributed by atoms with Gasteiger partial charge < -0.3 is 0 Å². The lowest BCUT2D eigenvalue weighted by molar-refractivity contribution is 0.137. The summed E-state index contributed by atoms with van der Waals surface area (Å²) in [4.78, 5) is 4.63. The first-order chi connectivity index (χ1) is 10.3. The second-order valence-electron chi connectivity index (χ2n) is 5.49. The molecule has 0 aliphatic carbocycles. The molecule has 2 nitrogen and oxygen atoms in total. The standard InChI is InChI=1S/C18H20ClN2/c1-20-11-13-21(14-12-20)18(15-7-3-2-4-8-15)16-9-5-6-10-17(16)19/h2-10,18H,1,11-14H2. The van der Waals surface area contributed by atoms with Gasteiger partial charge in [-0.1, -0.05) is 60.1 Å². The lowest BCUT2D eigenvalue weighted by atomic mass is 9.96. The minimum Gasteiger partial charge on any atom is -0.300 e. The zero-order valence-corrected chi connectivity index (χ0v) is 12.8. The van der Waals surface area contributed by atoms with Gasteiger partial charge in [-0.15, -0.1) is 0 Å². The van der Waals surface area contributed by atoms with E-state index in [1.165, 1.54) is 11.1 Å². The van der Waals surface area contributed by atoms with Gasteiger partial charge in [-0.25, -0.2) is 0 Å². The van der Waals surface area contributed by atoms with Crippen molar-refractivity contribution >= 4 is 11.6 Å². The van der Waals surface area contributed by atoms with Crippen LogP contribution in [0.2, 0.25) is 5.02 Å². The average Bonchev–Trinajstić information content (AvgIpc) is 2.52. The fourth-order valence-corrected chi connectivity index (χ4v) is 3.18. The molecule has 1 radical (unpaired) electrons. The van der Waals surface area contributed by atoms with Gasteiger partial charge in [-0.2, -0.15) is 0 Å². The largest absolute Gasteiger partial charge is 0.300 e. The molecule has 3 rings (SSSR count). The number of piperazine rings is 1. The van der Waals surface area contributed by atoms with E-state index < -0.39 is 0 Å². The minimum absolute atomic E-state index is 0.216. The van der Waals surface area contributed by atoms with Crippen molar-refractivity contribution in [1.82, 2.24) is 9.80 Å². The fraction of sp³-hybridized carbons (Fsp3) is 0.278. The van der Waals surface area contributed by atoms with Crippen molar-refractivity contribution in [1.29, 1.82) is 0 Å². The molecule has 0 amide bonds. The number of hydrogen-bond acceptors (Lipinski definition) is 2. The fourth-order valence-electron chi connectivity index (χ4n) is 2.94. The van der Waals surface area contributed by atoms with Crippen LogP contribution in [0.5, 0.6) is 0 Å². The molecule has 0 N–H and O–H groups in total. The van der Waals surface area contributed by atoms with Crippen LogP contribution in [0.15, 0.2) is 54.6 Å². The predicted octanol–water partition coefficient (Wildman–Crippen LogP) is 3.84. The van der Waals surface area contributed by atoms with Crippen molar-refractivity contribution in [2.75, 3.05) is 26.2 Å². The van der Waals surface area contributed by atoms with Crippen LogP contribution in [-0.2, 0) is 0 Å². The summed E-state index contributed by atoms with van der Waals surface area (Å²) in [5.74, 6) is 0. The van der Waals surface area contributed by atoms with Crippen molar-refractivity contribution in [3.8, 4) is 0 Å². The SMILES string of the molecule is [CH2]N1CCN(C(c2ccccc2)c2ccccc2Cl)CC1. The van der Waals surface area contributed by atoms with Crippen molar-refractivity contribution < 1.29 is 0 Å². The molecule has 0 bridgehead atoms. The Morgan fingerprint density at radius 3 is 2.14 bits per heavy atom. The molecule has 0 aromatic heterocycles. The molecule has 1 heterocycles. The van der Waals surface area contributed by atoms with E-state index in [1.54, 1.807) is 0 Å². The second-order valence-corrected chi connectivity index (χ2v) is 5.90. The van der Waals surface area contributed by atoms with Crippen LogP contribution < -0.4 is 0 Å². The molecule has 1 unspecified atom stereocenters. The third-order valence-corrected chi connectivity index (χ3v) is 4.43. The molecular formula is C18H20ClN2. The van der Waals surface area contributed by atoms with Gasteiger partial charge in [0, 0.05) is 38.2 Å². The highest BCUT2D eigenvalue weighted by atomic mass is 35.5. The zero-order valence-electron chi connectivity index (χ0n) is 12.1. The molecule has 2 aromatic rings. The first kappa shape index (κ1) is 14.6. The molecule has 109 valence electrons. The highest BCUT2D eigenvalue weighted by Crippen LogP contribution is 2.33. The van der Waals surface area contributed by atoms with Crippen LogP contribution >= 0.6 is 11.6 Å². The number of benzene rings is 2. The summed E-state index contributed by atoms with van der Waals surface area (Å²) in [6.07, 6.45) is 0. The minimum atomic E-state index is 0.216. The van der Waals surface area contributed by atoms with Gasteiger partial charge in [0.25, 0.3) is 0 Å². The third kappa shape index (κ3) is 3.29. The Morgan fingerprint density at radius 2 is 1.48 bits per heavy atom. The summed E-state index contributed by atoms with van der Waals surface area (Å²) >= 11 is 6.47. The van der Waals surface area contributed by atoms with E-state index in [0.29, 0.717) is 0 Å². The molecule has 0 spiro atoms. The summed E-state index contributed by atoms with van der Waals surface area (Å²) in [7, 11) is 4.03. The highest BCUT2D eigenvalue weighted by molar-refractivity contribution is 6.31.